The third kappa shape index (κ3) is 5.59. The van der Waals surface area contributed by atoms with Crippen molar-refractivity contribution in [3.05, 3.63) is 59.1 Å². The summed E-state index contributed by atoms with van der Waals surface area (Å²) in [6, 6.07) is 7.38. The fraction of sp³-hybridized carbons (Fsp3) is 0.208. The van der Waals surface area contributed by atoms with Gasteiger partial charge in [-0.25, -0.2) is 9.97 Å². The average molecular weight is 548 g/mol. The van der Waals surface area contributed by atoms with Crippen molar-refractivity contribution in [2.75, 3.05) is 26.5 Å². The lowest BCUT2D eigenvalue weighted by molar-refractivity contribution is -0.201. The van der Waals surface area contributed by atoms with E-state index in [0.717, 1.165) is 16.2 Å². The zero-order valence-electron chi connectivity index (χ0n) is 20.0. The van der Waals surface area contributed by atoms with Gasteiger partial charge in [-0.1, -0.05) is 22.9 Å². The molecular formula is C24H20ClF2N5O4S. The number of hydrogen-bond acceptors (Lipinski definition) is 8. The number of halogens is 3. The number of likely N-dealkylation sites (N-methyl/N-ethyl adjacent to an activating group) is 1. The van der Waals surface area contributed by atoms with Crippen LogP contribution < -0.4 is 14.8 Å². The molecule has 4 aromatic rings. The minimum atomic E-state index is -4.05. The van der Waals surface area contributed by atoms with Crippen LogP contribution in [0.25, 0.3) is 21.3 Å². The molecule has 0 aliphatic carbocycles. The van der Waals surface area contributed by atoms with Gasteiger partial charge in [0.05, 0.1) is 29.1 Å². The summed E-state index contributed by atoms with van der Waals surface area (Å²) in [4.78, 5) is 38.2. The van der Waals surface area contributed by atoms with E-state index in [1.165, 1.54) is 51.8 Å². The van der Waals surface area contributed by atoms with E-state index < -0.39 is 17.9 Å². The van der Waals surface area contributed by atoms with E-state index in [1.807, 2.05) is 0 Å². The van der Waals surface area contributed by atoms with Crippen LogP contribution >= 0.6 is 22.9 Å². The standard InChI is InChI=1S/C24H20ClF2N5O4S/c1-12-7-14(15-9-20(25)29-11-18(15)35-4)16(10-28-12)21(33)31-23-30-17-8-13(5-6-19(17)37-23)36-24(26,27)22(34)32(2)3/h5-11H,1-4H3,(H,30,31,33). The molecule has 0 unspecified atom stereocenters. The SMILES string of the molecule is COc1cnc(Cl)cc1-c1cc(C)ncc1C(=O)Nc1nc2cc(OC(F)(F)C(=O)N(C)C)ccc2s1. The van der Waals surface area contributed by atoms with Crippen molar-refractivity contribution in [1.29, 1.82) is 0 Å². The third-order valence-corrected chi connectivity index (χ3v) is 6.27. The number of rotatable bonds is 7. The number of pyridine rings is 2. The molecule has 1 aromatic carbocycles. The fourth-order valence-electron chi connectivity index (χ4n) is 3.39. The first kappa shape index (κ1) is 26.2. The number of aryl methyl sites for hydroxylation is 1. The van der Waals surface area contributed by atoms with E-state index in [-0.39, 0.29) is 21.6 Å². The molecule has 0 aliphatic heterocycles. The number of benzene rings is 1. The molecule has 0 radical (unpaired) electrons. The predicted molar refractivity (Wildman–Crippen MR) is 136 cm³/mol. The Morgan fingerprint density at radius 3 is 2.57 bits per heavy atom. The smallest absolute Gasteiger partial charge is 0.482 e. The highest BCUT2D eigenvalue weighted by atomic mass is 35.5. The van der Waals surface area contributed by atoms with Gasteiger partial charge in [0.25, 0.3) is 5.91 Å². The third-order valence-electron chi connectivity index (χ3n) is 5.11. The maximum atomic E-state index is 14.1. The van der Waals surface area contributed by atoms with Gasteiger partial charge in [0.2, 0.25) is 0 Å². The van der Waals surface area contributed by atoms with Crippen LogP contribution in [0.15, 0.2) is 42.7 Å². The maximum Gasteiger partial charge on any atom is 0.482 e. The van der Waals surface area contributed by atoms with Gasteiger partial charge in [-0.3, -0.25) is 19.9 Å². The summed E-state index contributed by atoms with van der Waals surface area (Å²) in [5.41, 5.74) is 2.28. The summed E-state index contributed by atoms with van der Waals surface area (Å²) >= 11 is 7.22. The Morgan fingerprint density at radius 1 is 1.11 bits per heavy atom. The largest absolute Gasteiger partial charge is 0.494 e. The zero-order valence-corrected chi connectivity index (χ0v) is 21.6. The number of anilines is 1. The second kappa shape index (κ2) is 10.2. The first-order valence-electron chi connectivity index (χ1n) is 10.7. The minimum Gasteiger partial charge on any atom is -0.494 e. The Balaban J connectivity index is 1.62. The number of aromatic nitrogens is 3. The topological polar surface area (TPSA) is 107 Å². The van der Waals surface area contributed by atoms with Crippen molar-refractivity contribution in [2.45, 2.75) is 13.0 Å². The summed E-state index contributed by atoms with van der Waals surface area (Å²) in [6.07, 6.45) is -1.16. The predicted octanol–water partition coefficient (Wildman–Crippen LogP) is 5.04. The number of carbonyl (C=O) groups excluding carboxylic acids is 2. The first-order valence-corrected chi connectivity index (χ1v) is 11.8. The molecular weight excluding hydrogens is 528 g/mol. The molecule has 0 saturated heterocycles. The lowest BCUT2D eigenvalue weighted by Crippen LogP contribution is -2.43. The minimum absolute atomic E-state index is 0.221. The molecule has 0 aliphatic rings. The number of fused-ring (bicyclic) bond motifs is 1. The van der Waals surface area contributed by atoms with Crippen molar-refractivity contribution in [3.8, 4) is 22.6 Å². The summed E-state index contributed by atoms with van der Waals surface area (Å²) in [6.45, 7) is 1.78. The molecule has 0 fully saturated rings. The van der Waals surface area contributed by atoms with Crippen molar-refractivity contribution < 1.29 is 27.8 Å². The number of methoxy groups -OCH3 is 1. The normalized spacial score (nSPS) is 11.3. The number of ether oxygens (including phenoxy) is 2. The van der Waals surface area contributed by atoms with E-state index in [0.29, 0.717) is 32.8 Å². The summed E-state index contributed by atoms with van der Waals surface area (Å²) in [5, 5.41) is 3.16. The van der Waals surface area contributed by atoms with Gasteiger partial charge >= 0.3 is 12.0 Å². The number of nitrogens with one attached hydrogen (secondary N) is 1. The van der Waals surface area contributed by atoms with Crippen molar-refractivity contribution >= 4 is 50.1 Å². The molecule has 0 atom stereocenters. The zero-order chi connectivity index (χ0) is 26.9. The van der Waals surface area contributed by atoms with Gasteiger partial charge in [0, 0.05) is 43.2 Å². The van der Waals surface area contributed by atoms with Crippen LogP contribution in [0.2, 0.25) is 5.15 Å². The Morgan fingerprint density at radius 2 is 1.86 bits per heavy atom. The molecule has 13 heteroatoms. The molecule has 3 heterocycles. The first-order chi connectivity index (χ1) is 17.5. The average Bonchev–Trinajstić information content (AvgIpc) is 3.24. The van der Waals surface area contributed by atoms with Crippen LogP contribution in [0.1, 0.15) is 16.1 Å². The van der Waals surface area contributed by atoms with Crippen molar-refractivity contribution in [3.63, 3.8) is 0 Å². The fourth-order valence-corrected chi connectivity index (χ4v) is 4.39. The monoisotopic (exact) mass is 547 g/mol. The molecule has 1 N–H and O–H groups in total. The molecule has 2 amide bonds. The van der Waals surface area contributed by atoms with E-state index in [4.69, 9.17) is 16.3 Å². The number of carbonyl (C=O) groups is 2. The number of alkyl halides is 2. The molecule has 3 aromatic heterocycles. The highest BCUT2D eigenvalue weighted by molar-refractivity contribution is 7.22. The number of hydrogen-bond donors (Lipinski definition) is 1. The van der Waals surface area contributed by atoms with Crippen LogP contribution in [0.5, 0.6) is 11.5 Å². The molecule has 4 rings (SSSR count). The van der Waals surface area contributed by atoms with Gasteiger partial charge in [-0.15, -0.1) is 0 Å². The Bertz CT molecular complexity index is 1510. The lowest BCUT2D eigenvalue weighted by atomic mass is 10.0. The molecule has 0 spiro atoms. The number of nitrogens with zero attached hydrogens (tertiary/aromatic N) is 4. The lowest BCUT2D eigenvalue weighted by Gasteiger charge is -2.20. The molecule has 9 nitrogen and oxygen atoms in total. The molecule has 37 heavy (non-hydrogen) atoms. The highest BCUT2D eigenvalue weighted by Gasteiger charge is 2.43. The molecule has 0 bridgehead atoms. The van der Waals surface area contributed by atoms with Crippen LogP contribution in [-0.4, -0.2) is 59.0 Å². The van der Waals surface area contributed by atoms with Gasteiger partial charge in [0.15, 0.2) is 5.13 Å². The number of thiazole rings is 1. The maximum absolute atomic E-state index is 14.1. The van der Waals surface area contributed by atoms with E-state index in [2.05, 4.69) is 25.0 Å². The number of amides is 2. The molecule has 192 valence electrons. The molecule has 0 saturated carbocycles. The summed E-state index contributed by atoms with van der Waals surface area (Å²) in [7, 11) is 3.88. The Labute approximate surface area is 219 Å². The van der Waals surface area contributed by atoms with Gasteiger partial charge in [-0.05, 0) is 31.2 Å². The van der Waals surface area contributed by atoms with Gasteiger partial charge < -0.3 is 14.4 Å². The summed E-state index contributed by atoms with van der Waals surface area (Å²) in [5.74, 6) is -1.83. The van der Waals surface area contributed by atoms with Crippen LogP contribution in [0.3, 0.4) is 0 Å². The van der Waals surface area contributed by atoms with E-state index in [1.54, 1.807) is 19.1 Å². The van der Waals surface area contributed by atoms with Gasteiger partial charge in [-0.2, -0.15) is 8.78 Å². The Kier molecular flexibility index (Phi) is 7.23. The quantitative estimate of drug-likeness (QED) is 0.323. The second-order valence-electron chi connectivity index (χ2n) is 8.00. The van der Waals surface area contributed by atoms with E-state index in [9.17, 15) is 18.4 Å². The second-order valence-corrected chi connectivity index (χ2v) is 9.42. The Hall–Kier alpha value is -3.90. The summed E-state index contributed by atoms with van der Waals surface area (Å²) < 4.78 is 38.8. The van der Waals surface area contributed by atoms with Crippen molar-refractivity contribution in [2.24, 2.45) is 0 Å². The highest BCUT2D eigenvalue weighted by Crippen LogP contribution is 2.35. The van der Waals surface area contributed by atoms with Crippen molar-refractivity contribution in [1.82, 2.24) is 19.9 Å². The van der Waals surface area contributed by atoms with Crippen LogP contribution in [0, 0.1) is 6.92 Å². The van der Waals surface area contributed by atoms with E-state index >= 15 is 0 Å². The van der Waals surface area contributed by atoms with Gasteiger partial charge in [0.1, 0.15) is 16.7 Å². The van der Waals surface area contributed by atoms with Crippen LogP contribution in [0.4, 0.5) is 13.9 Å². The van der Waals surface area contributed by atoms with Crippen LogP contribution in [-0.2, 0) is 4.79 Å².